The summed E-state index contributed by atoms with van der Waals surface area (Å²) in [5, 5.41) is 5.92. The molecule has 2 heterocycles. The molecule has 0 unspecified atom stereocenters. The molecule has 3 amide bonds. The molecule has 0 spiro atoms. The van der Waals surface area contributed by atoms with Gasteiger partial charge in [-0.25, -0.2) is 9.59 Å². The normalized spacial score (nSPS) is 14.4. The Morgan fingerprint density at radius 1 is 1.06 bits per heavy atom. The second-order valence-electron chi connectivity index (χ2n) is 8.34. The number of carbonyl (C=O) groups excluding carboxylic acids is 2. The largest absolute Gasteiger partial charge is 0.354 e. The predicted molar refractivity (Wildman–Crippen MR) is 123 cm³/mol. The van der Waals surface area contributed by atoms with Gasteiger partial charge in [-0.05, 0) is 44.2 Å². The van der Waals surface area contributed by atoms with Gasteiger partial charge in [0, 0.05) is 38.9 Å². The fourth-order valence-corrected chi connectivity index (χ4v) is 3.42. The summed E-state index contributed by atoms with van der Waals surface area (Å²) < 4.78 is 1.42. The molecule has 0 atom stereocenters. The van der Waals surface area contributed by atoms with Gasteiger partial charge in [-0.1, -0.05) is 19.1 Å². The summed E-state index contributed by atoms with van der Waals surface area (Å²) in [6.07, 6.45) is 1.59. The number of hydrogen-bond acceptors (Lipinski definition) is 6. The van der Waals surface area contributed by atoms with Crippen molar-refractivity contribution < 1.29 is 9.59 Å². The van der Waals surface area contributed by atoms with Crippen LogP contribution < -0.4 is 22.1 Å². The van der Waals surface area contributed by atoms with Gasteiger partial charge in [0.1, 0.15) is 5.82 Å². The van der Waals surface area contributed by atoms with Gasteiger partial charge in [0.15, 0.2) is 0 Å². The number of nitrogens with one attached hydrogen (secondary N) is 2. The molecule has 3 rings (SSSR count). The van der Waals surface area contributed by atoms with Gasteiger partial charge in [0.05, 0.1) is 11.2 Å². The van der Waals surface area contributed by atoms with Gasteiger partial charge in [-0.3, -0.25) is 14.7 Å². The van der Waals surface area contributed by atoms with Crippen molar-refractivity contribution in [3.05, 3.63) is 52.6 Å². The lowest BCUT2D eigenvalue weighted by Crippen LogP contribution is -2.58. The van der Waals surface area contributed by atoms with Gasteiger partial charge in [-0.15, -0.1) is 0 Å². The average molecular weight is 442 g/mol. The lowest BCUT2D eigenvalue weighted by molar-refractivity contribution is -0.137. The third kappa shape index (κ3) is 5.71. The van der Waals surface area contributed by atoms with Crippen molar-refractivity contribution in [1.82, 2.24) is 24.7 Å². The number of amides is 3. The molecule has 1 aromatic heterocycles. The van der Waals surface area contributed by atoms with Gasteiger partial charge in [0.2, 0.25) is 5.91 Å². The highest BCUT2D eigenvalue weighted by molar-refractivity contribution is 5.89. The number of urea groups is 1. The zero-order valence-electron chi connectivity index (χ0n) is 18.8. The van der Waals surface area contributed by atoms with Crippen LogP contribution in [0.25, 0.3) is 5.69 Å². The molecule has 0 bridgehead atoms. The molecule has 10 heteroatoms. The van der Waals surface area contributed by atoms with Gasteiger partial charge >= 0.3 is 11.7 Å². The number of benzene rings is 1. The number of piperazine rings is 1. The van der Waals surface area contributed by atoms with Crippen LogP contribution >= 0.6 is 0 Å². The zero-order valence-corrected chi connectivity index (χ0v) is 18.8. The highest BCUT2D eigenvalue weighted by Gasteiger charge is 2.31. The van der Waals surface area contributed by atoms with Crippen molar-refractivity contribution in [2.24, 2.45) is 5.73 Å². The molecule has 0 radical (unpaired) electrons. The van der Waals surface area contributed by atoms with E-state index in [4.69, 9.17) is 5.73 Å². The summed E-state index contributed by atoms with van der Waals surface area (Å²) in [5.74, 6) is 0.0408. The molecule has 0 aliphatic carbocycles. The smallest absolute Gasteiger partial charge is 0.338 e. The topological polar surface area (TPSA) is 126 Å². The summed E-state index contributed by atoms with van der Waals surface area (Å²) in [7, 11) is 0. The monoisotopic (exact) mass is 441 g/mol. The first-order valence-corrected chi connectivity index (χ1v) is 10.7. The first-order chi connectivity index (χ1) is 15.2. The van der Waals surface area contributed by atoms with Crippen molar-refractivity contribution in [1.29, 1.82) is 0 Å². The van der Waals surface area contributed by atoms with Crippen LogP contribution in [0.4, 0.5) is 10.6 Å². The predicted octanol–water partition coefficient (Wildman–Crippen LogP) is 0.755. The molecular formula is C22H31N7O3. The van der Waals surface area contributed by atoms with E-state index in [1.54, 1.807) is 35.9 Å². The molecule has 172 valence electrons. The Morgan fingerprint density at radius 3 is 2.25 bits per heavy atom. The molecule has 0 saturated carbocycles. The van der Waals surface area contributed by atoms with Gasteiger partial charge < -0.3 is 20.9 Å². The minimum absolute atomic E-state index is 0.141. The first kappa shape index (κ1) is 23.4. The third-order valence-electron chi connectivity index (χ3n) is 5.24. The van der Waals surface area contributed by atoms with Crippen molar-refractivity contribution in [3.8, 4) is 5.69 Å². The Labute approximate surface area is 187 Å². The quantitative estimate of drug-likeness (QED) is 0.608. The Hall–Kier alpha value is -3.24. The number of nitrogens with zero attached hydrogens (tertiary/aromatic N) is 4. The number of nitrogens with two attached hydrogens (primary N) is 1. The minimum Gasteiger partial charge on any atom is -0.338 e. The number of carbonyl (C=O) groups is 2. The van der Waals surface area contributed by atoms with Crippen LogP contribution in [-0.4, -0.2) is 69.6 Å². The molecule has 1 aliphatic rings. The SMILES string of the molecule is CCNCc1ccc(-n2ccc(NC(=O)N3CCN(C(=O)C(C)(C)N)CC3)nc2=O)cc1. The van der Waals surface area contributed by atoms with Crippen LogP contribution in [0.1, 0.15) is 26.3 Å². The Balaban J connectivity index is 1.59. The molecule has 1 saturated heterocycles. The van der Waals surface area contributed by atoms with E-state index in [-0.39, 0.29) is 17.8 Å². The number of aromatic nitrogens is 2. The van der Waals surface area contributed by atoms with Crippen LogP contribution in [0.5, 0.6) is 0 Å². The second kappa shape index (κ2) is 9.92. The van der Waals surface area contributed by atoms with Crippen LogP contribution in [0.3, 0.4) is 0 Å². The molecule has 10 nitrogen and oxygen atoms in total. The molecule has 1 aromatic carbocycles. The van der Waals surface area contributed by atoms with Gasteiger partial charge in [-0.2, -0.15) is 4.98 Å². The standard InChI is InChI=1S/C22H31N7O3/c1-4-24-15-16-5-7-17(8-6-16)29-10-9-18(26-21(29)32)25-20(31)28-13-11-27(12-14-28)19(30)22(2,3)23/h5-10,24H,4,11-15,23H2,1-3H3,(H,25,26,31,32). The fourth-order valence-electron chi connectivity index (χ4n) is 3.42. The van der Waals surface area contributed by atoms with E-state index in [0.717, 1.165) is 18.7 Å². The van der Waals surface area contributed by atoms with Crippen LogP contribution in [0.15, 0.2) is 41.3 Å². The molecule has 1 fully saturated rings. The number of hydrogen-bond donors (Lipinski definition) is 3. The van der Waals surface area contributed by atoms with Crippen molar-refractivity contribution in [2.75, 3.05) is 38.0 Å². The average Bonchev–Trinajstić information content (AvgIpc) is 2.77. The fraction of sp³-hybridized carbons (Fsp3) is 0.455. The Kier molecular flexibility index (Phi) is 7.26. The first-order valence-electron chi connectivity index (χ1n) is 10.7. The maximum Gasteiger partial charge on any atom is 0.354 e. The van der Waals surface area contributed by atoms with E-state index in [1.807, 2.05) is 31.2 Å². The van der Waals surface area contributed by atoms with Gasteiger partial charge in [0.25, 0.3) is 0 Å². The summed E-state index contributed by atoms with van der Waals surface area (Å²) in [6, 6.07) is 8.85. The summed E-state index contributed by atoms with van der Waals surface area (Å²) >= 11 is 0. The molecule has 2 aromatic rings. The second-order valence-corrected chi connectivity index (χ2v) is 8.34. The molecular weight excluding hydrogens is 410 g/mol. The Bertz CT molecular complexity index is 1000. The molecule has 1 aliphatic heterocycles. The summed E-state index contributed by atoms with van der Waals surface area (Å²) in [6.45, 7) is 8.61. The zero-order chi connectivity index (χ0) is 23.3. The highest BCUT2D eigenvalue weighted by atomic mass is 16.2. The van der Waals surface area contributed by atoms with E-state index in [1.165, 1.54) is 4.57 Å². The number of rotatable bonds is 6. The van der Waals surface area contributed by atoms with Crippen LogP contribution in [0, 0.1) is 0 Å². The van der Waals surface area contributed by atoms with E-state index in [0.29, 0.717) is 31.9 Å². The van der Waals surface area contributed by atoms with Crippen molar-refractivity contribution >= 4 is 17.8 Å². The van der Waals surface area contributed by atoms with Crippen molar-refractivity contribution in [2.45, 2.75) is 32.9 Å². The van der Waals surface area contributed by atoms with Crippen LogP contribution in [-0.2, 0) is 11.3 Å². The van der Waals surface area contributed by atoms with E-state index >= 15 is 0 Å². The number of anilines is 1. The minimum atomic E-state index is -0.939. The summed E-state index contributed by atoms with van der Waals surface area (Å²) in [5.41, 5.74) is 6.27. The third-order valence-corrected chi connectivity index (χ3v) is 5.24. The maximum atomic E-state index is 12.6. The summed E-state index contributed by atoms with van der Waals surface area (Å²) in [4.78, 5) is 44.6. The maximum absolute atomic E-state index is 12.6. The lowest BCUT2D eigenvalue weighted by atomic mass is 10.1. The van der Waals surface area contributed by atoms with E-state index in [2.05, 4.69) is 15.6 Å². The van der Waals surface area contributed by atoms with Crippen LogP contribution in [0.2, 0.25) is 0 Å². The van der Waals surface area contributed by atoms with E-state index in [9.17, 15) is 14.4 Å². The molecule has 4 N–H and O–H groups in total. The Morgan fingerprint density at radius 2 is 1.69 bits per heavy atom. The molecule has 32 heavy (non-hydrogen) atoms. The highest BCUT2D eigenvalue weighted by Crippen LogP contribution is 2.12. The van der Waals surface area contributed by atoms with E-state index < -0.39 is 11.2 Å². The van der Waals surface area contributed by atoms with Crippen molar-refractivity contribution in [3.63, 3.8) is 0 Å². The lowest BCUT2D eigenvalue weighted by Gasteiger charge is -2.37.